The molecule has 6 nitrogen and oxygen atoms in total. The molecule has 0 heterocycles. The molecule has 0 amide bonds. The van der Waals surface area contributed by atoms with E-state index >= 15 is 0 Å². The van der Waals surface area contributed by atoms with Crippen LogP contribution in [0.15, 0.2) is 0 Å². The second-order valence-electron chi connectivity index (χ2n) is 11.8. The summed E-state index contributed by atoms with van der Waals surface area (Å²) in [7, 11) is 0. The van der Waals surface area contributed by atoms with E-state index in [-0.39, 0.29) is 65.5 Å². The number of ketones is 1. The SMILES string of the molecule is CC(=O)OC1CC2CC(O)CCC2(C)C2CC(=O)C3(C)C(C(C)CCC(=O)O)CCC3C12. The number of hydrogen-bond acceptors (Lipinski definition) is 5. The monoisotopic (exact) mass is 448 g/mol. The average Bonchev–Trinajstić information content (AvgIpc) is 3.06. The first-order chi connectivity index (χ1) is 15.0. The maximum absolute atomic E-state index is 13.8. The number of aliphatic hydroxyl groups excluding tert-OH is 1. The summed E-state index contributed by atoms with van der Waals surface area (Å²) in [5.74, 6) is 0.390. The number of aliphatic hydroxyl groups is 1. The van der Waals surface area contributed by atoms with Crippen molar-refractivity contribution in [3.8, 4) is 0 Å². The molecule has 32 heavy (non-hydrogen) atoms. The van der Waals surface area contributed by atoms with Gasteiger partial charge in [-0.15, -0.1) is 0 Å². The van der Waals surface area contributed by atoms with Crippen molar-refractivity contribution in [3.05, 3.63) is 0 Å². The second-order valence-corrected chi connectivity index (χ2v) is 11.8. The van der Waals surface area contributed by atoms with E-state index in [4.69, 9.17) is 9.84 Å². The normalized spacial score (nSPS) is 46.5. The zero-order chi connectivity index (χ0) is 23.4. The van der Waals surface area contributed by atoms with Crippen LogP contribution >= 0.6 is 0 Å². The van der Waals surface area contributed by atoms with Crippen molar-refractivity contribution in [2.45, 2.75) is 97.7 Å². The van der Waals surface area contributed by atoms with Crippen molar-refractivity contribution in [1.29, 1.82) is 0 Å². The van der Waals surface area contributed by atoms with Gasteiger partial charge in [-0.05, 0) is 80.0 Å². The molecule has 4 rings (SSSR count). The molecule has 0 radical (unpaired) electrons. The molecule has 4 saturated carbocycles. The van der Waals surface area contributed by atoms with Crippen LogP contribution in [0.25, 0.3) is 0 Å². The number of carbonyl (C=O) groups is 3. The summed E-state index contributed by atoms with van der Waals surface area (Å²) in [6.45, 7) is 8.00. The molecular weight excluding hydrogens is 408 g/mol. The Labute approximate surface area is 191 Å². The third-order valence-corrected chi connectivity index (χ3v) is 10.4. The van der Waals surface area contributed by atoms with Crippen molar-refractivity contribution in [2.75, 3.05) is 0 Å². The minimum Gasteiger partial charge on any atom is -0.481 e. The van der Waals surface area contributed by atoms with Crippen molar-refractivity contribution in [3.63, 3.8) is 0 Å². The highest BCUT2D eigenvalue weighted by Gasteiger charge is 2.66. The Balaban J connectivity index is 1.67. The maximum Gasteiger partial charge on any atom is 0.303 e. The largest absolute Gasteiger partial charge is 0.481 e. The Bertz CT molecular complexity index is 778. The highest BCUT2D eigenvalue weighted by atomic mass is 16.5. The third-order valence-electron chi connectivity index (χ3n) is 10.4. The van der Waals surface area contributed by atoms with E-state index in [0.29, 0.717) is 18.6 Å². The summed E-state index contributed by atoms with van der Waals surface area (Å²) in [4.78, 5) is 37.0. The molecule has 4 aliphatic carbocycles. The number of ether oxygens (including phenoxy) is 1. The molecule has 0 saturated heterocycles. The fourth-order valence-corrected chi connectivity index (χ4v) is 8.72. The van der Waals surface area contributed by atoms with Gasteiger partial charge in [0.2, 0.25) is 0 Å². The zero-order valence-corrected chi connectivity index (χ0v) is 20.0. The van der Waals surface area contributed by atoms with Gasteiger partial charge in [0, 0.05) is 31.1 Å². The summed E-state index contributed by atoms with van der Waals surface area (Å²) in [5, 5.41) is 19.5. The van der Waals surface area contributed by atoms with E-state index in [0.717, 1.165) is 38.5 Å². The fourth-order valence-electron chi connectivity index (χ4n) is 8.72. The first kappa shape index (κ1) is 23.7. The van der Waals surface area contributed by atoms with E-state index < -0.39 is 11.4 Å². The Morgan fingerprint density at radius 3 is 2.53 bits per heavy atom. The van der Waals surface area contributed by atoms with Crippen molar-refractivity contribution in [2.24, 2.45) is 46.3 Å². The molecule has 0 bridgehead atoms. The van der Waals surface area contributed by atoms with Crippen LogP contribution < -0.4 is 0 Å². The number of Topliss-reactive ketones (excluding diaryl/α,β-unsaturated/α-hetero) is 1. The van der Waals surface area contributed by atoms with Crippen LogP contribution in [0, 0.1) is 46.3 Å². The third kappa shape index (κ3) is 3.70. The van der Waals surface area contributed by atoms with Crippen LogP contribution in [0.1, 0.15) is 85.5 Å². The molecular formula is C26H40O6. The van der Waals surface area contributed by atoms with Crippen LogP contribution in [0.2, 0.25) is 0 Å². The van der Waals surface area contributed by atoms with Crippen molar-refractivity contribution in [1.82, 2.24) is 0 Å². The second kappa shape index (κ2) is 8.41. The molecule has 180 valence electrons. The molecule has 10 atom stereocenters. The van der Waals surface area contributed by atoms with Gasteiger partial charge in [0.1, 0.15) is 11.9 Å². The lowest BCUT2D eigenvalue weighted by Crippen LogP contribution is -2.61. The zero-order valence-electron chi connectivity index (χ0n) is 20.0. The lowest BCUT2D eigenvalue weighted by atomic mass is 9.43. The highest BCUT2D eigenvalue weighted by Crippen LogP contribution is 2.67. The quantitative estimate of drug-likeness (QED) is 0.611. The minimum absolute atomic E-state index is 0.00938. The molecule has 0 aromatic carbocycles. The first-order valence-electron chi connectivity index (χ1n) is 12.6. The van der Waals surface area contributed by atoms with Crippen LogP contribution in [-0.4, -0.2) is 40.1 Å². The minimum atomic E-state index is -0.785. The van der Waals surface area contributed by atoms with E-state index in [1.807, 2.05) is 0 Å². The van der Waals surface area contributed by atoms with Crippen LogP contribution in [0.3, 0.4) is 0 Å². The summed E-state index contributed by atoms with van der Waals surface area (Å²) in [6, 6.07) is 0. The number of carboxylic acids is 1. The predicted molar refractivity (Wildman–Crippen MR) is 119 cm³/mol. The number of hydrogen-bond donors (Lipinski definition) is 2. The van der Waals surface area contributed by atoms with Gasteiger partial charge < -0.3 is 14.9 Å². The van der Waals surface area contributed by atoms with Gasteiger partial charge in [0.15, 0.2) is 0 Å². The maximum atomic E-state index is 13.8. The number of rotatable bonds is 5. The molecule has 6 heteroatoms. The first-order valence-corrected chi connectivity index (χ1v) is 12.6. The molecule has 0 aliphatic heterocycles. The van der Waals surface area contributed by atoms with E-state index in [9.17, 15) is 19.5 Å². The van der Waals surface area contributed by atoms with Gasteiger partial charge in [-0.3, -0.25) is 14.4 Å². The molecule has 0 spiro atoms. The van der Waals surface area contributed by atoms with Gasteiger partial charge in [-0.1, -0.05) is 20.8 Å². The van der Waals surface area contributed by atoms with Crippen LogP contribution in [0.5, 0.6) is 0 Å². The Morgan fingerprint density at radius 1 is 1.16 bits per heavy atom. The Morgan fingerprint density at radius 2 is 1.88 bits per heavy atom. The number of carbonyl (C=O) groups excluding carboxylic acids is 2. The Kier molecular flexibility index (Phi) is 6.23. The van der Waals surface area contributed by atoms with Gasteiger partial charge in [0.25, 0.3) is 0 Å². The van der Waals surface area contributed by atoms with Crippen LogP contribution in [0.4, 0.5) is 0 Å². The number of carboxylic acid groups (broad SMARTS) is 1. The van der Waals surface area contributed by atoms with Gasteiger partial charge in [-0.25, -0.2) is 0 Å². The number of esters is 1. The fraction of sp³-hybridized carbons (Fsp3) is 0.885. The van der Waals surface area contributed by atoms with E-state index in [1.165, 1.54) is 6.92 Å². The van der Waals surface area contributed by atoms with Crippen molar-refractivity contribution < 1.29 is 29.3 Å². The highest BCUT2D eigenvalue weighted by molar-refractivity contribution is 5.87. The van der Waals surface area contributed by atoms with Crippen molar-refractivity contribution >= 4 is 17.7 Å². The molecule has 0 aromatic heterocycles. The lowest BCUT2D eigenvalue weighted by Gasteiger charge is -2.62. The molecule has 4 fully saturated rings. The standard InChI is InChI=1S/C26H40O6/c1-14(5-8-23(30)31)18-6-7-19-24-20(13-22(29)26(18,19)4)25(3)10-9-17(28)11-16(25)12-21(24)32-15(2)27/h14,16-21,24,28H,5-13H2,1-4H3,(H,30,31). The van der Waals surface area contributed by atoms with E-state index in [1.54, 1.807) is 0 Å². The van der Waals surface area contributed by atoms with Crippen LogP contribution in [-0.2, 0) is 19.1 Å². The molecule has 0 aromatic rings. The smallest absolute Gasteiger partial charge is 0.303 e. The lowest BCUT2D eigenvalue weighted by molar-refractivity contribution is -0.194. The number of fused-ring (bicyclic) bond motifs is 5. The van der Waals surface area contributed by atoms with E-state index in [2.05, 4.69) is 20.8 Å². The van der Waals surface area contributed by atoms with Gasteiger partial charge in [-0.2, -0.15) is 0 Å². The molecule has 4 aliphatic rings. The topological polar surface area (TPSA) is 101 Å². The summed E-state index contributed by atoms with van der Waals surface area (Å²) in [6.07, 6.45) is 5.80. The summed E-state index contributed by atoms with van der Waals surface area (Å²) < 4.78 is 5.94. The molecule has 10 unspecified atom stereocenters. The average molecular weight is 449 g/mol. The summed E-state index contributed by atoms with van der Waals surface area (Å²) >= 11 is 0. The predicted octanol–water partition coefficient (Wildman–Crippen LogP) is 4.23. The number of aliphatic carboxylic acids is 1. The summed E-state index contributed by atoms with van der Waals surface area (Å²) in [5.41, 5.74) is -0.487. The van der Waals surface area contributed by atoms with Gasteiger partial charge >= 0.3 is 11.9 Å². The Hall–Kier alpha value is -1.43. The van der Waals surface area contributed by atoms with Gasteiger partial charge in [0.05, 0.1) is 6.10 Å². The molecule has 2 N–H and O–H groups in total.